The summed E-state index contributed by atoms with van der Waals surface area (Å²) in [6.07, 6.45) is 1.64. The van der Waals surface area contributed by atoms with Gasteiger partial charge in [-0.15, -0.1) is 0 Å². The quantitative estimate of drug-likeness (QED) is 0.355. The van der Waals surface area contributed by atoms with Crippen molar-refractivity contribution >= 4 is 17.8 Å². The highest BCUT2D eigenvalue weighted by molar-refractivity contribution is 6.14. The molecule has 4 rings (SSSR count). The van der Waals surface area contributed by atoms with Crippen molar-refractivity contribution in [3.8, 4) is 23.0 Å². The second kappa shape index (κ2) is 8.13. The third kappa shape index (κ3) is 3.89. The Morgan fingerprint density at radius 3 is 2.13 bits per heavy atom. The Kier molecular flexibility index (Phi) is 5.22. The van der Waals surface area contributed by atoms with Crippen molar-refractivity contribution in [1.29, 1.82) is 0 Å². The molecular weight excluding hydrogens is 384 g/mol. The van der Waals surface area contributed by atoms with Crippen LogP contribution in [0.1, 0.15) is 26.3 Å². The van der Waals surface area contributed by atoms with E-state index in [2.05, 4.69) is 0 Å². The van der Waals surface area contributed by atoms with Crippen LogP contribution in [-0.2, 0) is 0 Å². The first-order chi connectivity index (χ1) is 14.6. The summed E-state index contributed by atoms with van der Waals surface area (Å²) >= 11 is 0. The van der Waals surface area contributed by atoms with E-state index in [1.165, 1.54) is 0 Å². The monoisotopic (exact) mass is 402 g/mol. The van der Waals surface area contributed by atoms with Crippen molar-refractivity contribution in [2.75, 3.05) is 14.2 Å². The van der Waals surface area contributed by atoms with Crippen LogP contribution < -0.4 is 18.9 Å². The van der Waals surface area contributed by atoms with Crippen molar-refractivity contribution in [3.63, 3.8) is 0 Å². The second-order valence-electron chi connectivity index (χ2n) is 6.49. The van der Waals surface area contributed by atoms with Gasteiger partial charge in [0.2, 0.25) is 5.78 Å². The van der Waals surface area contributed by atoms with Crippen LogP contribution in [0.4, 0.5) is 0 Å². The highest BCUT2D eigenvalue weighted by Crippen LogP contribution is 2.34. The number of methoxy groups -OCH3 is 2. The maximum absolute atomic E-state index is 12.5. The Morgan fingerprint density at radius 1 is 0.833 bits per heavy atom. The SMILES string of the molecule is COc1ccc(C(=O)Oc2ccc(/C=C3\Oc4cc(OC)ccc4C3=O)cc2)cc1. The van der Waals surface area contributed by atoms with Crippen molar-refractivity contribution in [1.82, 2.24) is 0 Å². The third-order valence-corrected chi connectivity index (χ3v) is 4.59. The topological polar surface area (TPSA) is 71.1 Å². The average molecular weight is 402 g/mol. The number of ketones is 1. The van der Waals surface area contributed by atoms with Gasteiger partial charge in [-0.05, 0) is 60.2 Å². The van der Waals surface area contributed by atoms with Crippen LogP contribution in [-0.4, -0.2) is 26.0 Å². The van der Waals surface area contributed by atoms with Gasteiger partial charge in [-0.3, -0.25) is 4.79 Å². The Hall–Kier alpha value is -4.06. The molecule has 0 N–H and O–H groups in total. The van der Waals surface area contributed by atoms with Gasteiger partial charge in [0, 0.05) is 6.07 Å². The molecule has 1 heterocycles. The van der Waals surface area contributed by atoms with E-state index >= 15 is 0 Å². The van der Waals surface area contributed by atoms with Gasteiger partial charge in [-0.2, -0.15) is 0 Å². The number of carbonyl (C=O) groups is 2. The van der Waals surface area contributed by atoms with Crippen molar-refractivity contribution in [3.05, 3.63) is 89.2 Å². The van der Waals surface area contributed by atoms with Crippen LogP contribution in [0.3, 0.4) is 0 Å². The van der Waals surface area contributed by atoms with Gasteiger partial charge in [-0.1, -0.05) is 12.1 Å². The predicted molar refractivity (Wildman–Crippen MR) is 110 cm³/mol. The maximum atomic E-state index is 12.5. The Bertz CT molecular complexity index is 1130. The molecule has 6 nitrogen and oxygen atoms in total. The first kappa shape index (κ1) is 19.3. The summed E-state index contributed by atoms with van der Waals surface area (Å²) in [7, 11) is 3.11. The van der Waals surface area contributed by atoms with E-state index in [1.54, 1.807) is 87.0 Å². The van der Waals surface area contributed by atoms with Crippen LogP contribution in [0.25, 0.3) is 6.08 Å². The first-order valence-electron chi connectivity index (χ1n) is 9.16. The van der Waals surface area contributed by atoms with E-state index in [0.717, 1.165) is 5.56 Å². The zero-order valence-corrected chi connectivity index (χ0v) is 16.4. The van der Waals surface area contributed by atoms with E-state index in [1.807, 2.05) is 0 Å². The summed E-state index contributed by atoms with van der Waals surface area (Å²) in [4.78, 5) is 24.8. The van der Waals surface area contributed by atoms with Gasteiger partial charge < -0.3 is 18.9 Å². The number of ether oxygens (including phenoxy) is 4. The normalized spacial score (nSPS) is 13.5. The largest absolute Gasteiger partial charge is 0.497 e. The molecule has 1 aliphatic heterocycles. The average Bonchev–Trinajstić information content (AvgIpc) is 3.09. The van der Waals surface area contributed by atoms with Gasteiger partial charge in [0.15, 0.2) is 5.76 Å². The summed E-state index contributed by atoms with van der Waals surface area (Å²) in [5.41, 5.74) is 1.65. The molecule has 1 aliphatic rings. The van der Waals surface area contributed by atoms with Crippen LogP contribution in [0.15, 0.2) is 72.5 Å². The van der Waals surface area contributed by atoms with Crippen LogP contribution in [0.2, 0.25) is 0 Å². The van der Waals surface area contributed by atoms with Gasteiger partial charge in [-0.25, -0.2) is 4.79 Å². The minimum Gasteiger partial charge on any atom is -0.497 e. The number of allylic oxidation sites excluding steroid dienone is 1. The lowest BCUT2D eigenvalue weighted by atomic mass is 10.1. The Balaban J connectivity index is 1.46. The minimum atomic E-state index is -0.470. The van der Waals surface area contributed by atoms with Gasteiger partial charge >= 0.3 is 5.97 Å². The molecule has 0 bridgehead atoms. The van der Waals surface area contributed by atoms with Gasteiger partial charge in [0.05, 0.1) is 25.3 Å². The predicted octanol–water partition coefficient (Wildman–Crippen LogP) is 4.54. The second-order valence-corrected chi connectivity index (χ2v) is 6.49. The smallest absolute Gasteiger partial charge is 0.343 e. The summed E-state index contributed by atoms with van der Waals surface area (Å²) < 4.78 is 21.3. The first-order valence-corrected chi connectivity index (χ1v) is 9.16. The molecule has 0 atom stereocenters. The number of carbonyl (C=O) groups excluding carboxylic acids is 2. The van der Waals surface area contributed by atoms with E-state index in [0.29, 0.717) is 34.1 Å². The number of esters is 1. The number of hydrogen-bond donors (Lipinski definition) is 0. The number of Topliss-reactive ketones (excluding diaryl/α,β-unsaturated/α-hetero) is 1. The van der Waals surface area contributed by atoms with E-state index in [4.69, 9.17) is 18.9 Å². The number of rotatable bonds is 5. The molecule has 0 aliphatic carbocycles. The standard InChI is InChI=1S/C24H18O6/c1-27-17-9-5-16(6-10-17)24(26)29-18-7-3-15(4-8-18)13-22-23(25)20-12-11-19(28-2)14-21(20)30-22/h3-14H,1-2H3/b22-13-. The number of hydrogen-bond acceptors (Lipinski definition) is 6. The van der Waals surface area contributed by atoms with E-state index < -0.39 is 5.97 Å². The fourth-order valence-corrected chi connectivity index (χ4v) is 2.97. The van der Waals surface area contributed by atoms with Crippen LogP contribution in [0, 0.1) is 0 Å². The molecule has 0 radical (unpaired) electrons. The molecule has 150 valence electrons. The van der Waals surface area contributed by atoms with Crippen molar-refractivity contribution in [2.45, 2.75) is 0 Å². The molecule has 0 spiro atoms. The highest BCUT2D eigenvalue weighted by Gasteiger charge is 2.27. The lowest BCUT2D eigenvalue weighted by molar-refractivity contribution is 0.0734. The summed E-state index contributed by atoms with van der Waals surface area (Å²) in [6.45, 7) is 0. The Labute approximate surface area is 173 Å². The molecule has 0 unspecified atom stereocenters. The molecule has 30 heavy (non-hydrogen) atoms. The summed E-state index contributed by atoms with van der Waals surface area (Å²) in [6, 6.07) is 18.5. The lowest BCUT2D eigenvalue weighted by Crippen LogP contribution is -2.08. The molecule has 3 aromatic carbocycles. The van der Waals surface area contributed by atoms with E-state index in [9.17, 15) is 9.59 Å². The maximum Gasteiger partial charge on any atom is 0.343 e. The fraction of sp³-hybridized carbons (Fsp3) is 0.0833. The van der Waals surface area contributed by atoms with Gasteiger partial charge in [0.1, 0.15) is 23.0 Å². The van der Waals surface area contributed by atoms with Gasteiger partial charge in [0.25, 0.3) is 0 Å². The Morgan fingerprint density at radius 2 is 1.47 bits per heavy atom. The molecule has 0 saturated carbocycles. The number of fused-ring (bicyclic) bond motifs is 1. The van der Waals surface area contributed by atoms with Crippen molar-refractivity contribution < 1.29 is 28.5 Å². The molecule has 0 amide bonds. The molecular formula is C24H18O6. The molecule has 3 aromatic rings. The highest BCUT2D eigenvalue weighted by atomic mass is 16.5. The molecule has 0 aromatic heterocycles. The number of benzene rings is 3. The summed E-state index contributed by atoms with van der Waals surface area (Å²) in [5.74, 6) is 1.70. The van der Waals surface area contributed by atoms with Crippen molar-refractivity contribution in [2.24, 2.45) is 0 Å². The summed E-state index contributed by atoms with van der Waals surface area (Å²) in [5, 5.41) is 0. The fourth-order valence-electron chi connectivity index (χ4n) is 2.97. The van der Waals surface area contributed by atoms with E-state index in [-0.39, 0.29) is 11.5 Å². The molecule has 6 heteroatoms. The lowest BCUT2D eigenvalue weighted by Gasteiger charge is -2.06. The molecule has 0 fully saturated rings. The minimum absolute atomic E-state index is 0.192. The zero-order chi connectivity index (χ0) is 21.1. The third-order valence-electron chi connectivity index (χ3n) is 4.59. The van der Waals surface area contributed by atoms with Crippen LogP contribution >= 0.6 is 0 Å². The zero-order valence-electron chi connectivity index (χ0n) is 16.4. The molecule has 0 saturated heterocycles. The van der Waals surface area contributed by atoms with Crippen LogP contribution in [0.5, 0.6) is 23.0 Å².